The molecule has 0 unspecified atom stereocenters. The van der Waals surface area contributed by atoms with Gasteiger partial charge in [-0.25, -0.2) is 9.36 Å². The average Bonchev–Trinajstić information content (AvgIpc) is 3.20. The quantitative estimate of drug-likeness (QED) is 0.317. The Morgan fingerprint density at radius 1 is 1.16 bits per heavy atom. The standard InChI is InChI=1S/C18H21N4O9P/c1-20-12-5-3-2-4-10(12)11(19-20)8-22-14(23)6-7-21(18(22)26)17-16(25)15(24)13(31-17)9-30-32(27,28)29/h2-7,13,15-17,24-25H,8-9H2,1H3,(H2,27,28,29)/t13-,15+,16+,17-/m1/s1. The van der Waals surface area contributed by atoms with Crippen molar-refractivity contribution in [3.63, 3.8) is 0 Å². The molecule has 3 aromatic rings. The van der Waals surface area contributed by atoms with E-state index in [1.165, 1.54) is 0 Å². The number of phosphoric acid groups is 1. The summed E-state index contributed by atoms with van der Waals surface area (Å²) in [5.41, 5.74) is -0.117. The predicted molar refractivity (Wildman–Crippen MR) is 109 cm³/mol. The normalized spacial score (nSPS) is 23.8. The molecule has 2 aromatic heterocycles. The first-order chi connectivity index (χ1) is 15.1. The number of nitrogens with zero attached hydrogens (tertiary/aromatic N) is 4. The Kier molecular flexibility index (Phi) is 5.90. The molecule has 4 atom stereocenters. The van der Waals surface area contributed by atoms with Gasteiger partial charge in [0.2, 0.25) is 0 Å². The van der Waals surface area contributed by atoms with Gasteiger partial charge in [0, 0.05) is 24.7 Å². The predicted octanol–water partition coefficient (Wildman–Crippen LogP) is -1.33. The molecule has 0 spiro atoms. The summed E-state index contributed by atoms with van der Waals surface area (Å²) >= 11 is 0. The number of para-hydroxylation sites is 1. The van der Waals surface area contributed by atoms with E-state index in [1.807, 2.05) is 24.3 Å². The zero-order valence-electron chi connectivity index (χ0n) is 16.8. The second-order valence-corrected chi connectivity index (χ2v) is 8.59. The highest BCUT2D eigenvalue weighted by atomic mass is 31.2. The molecule has 0 saturated carbocycles. The fraction of sp³-hybridized carbons (Fsp3) is 0.389. The molecule has 3 heterocycles. The molecule has 1 aliphatic rings. The van der Waals surface area contributed by atoms with Gasteiger partial charge in [0.15, 0.2) is 6.23 Å². The van der Waals surface area contributed by atoms with Crippen molar-refractivity contribution in [1.82, 2.24) is 18.9 Å². The van der Waals surface area contributed by atoms with Crippen LogP contribution in [-0.2, 0) is 27.4 Å². The summed E-state index contributed by atoms with van der Waals surface area (Å²) in [7, 11) is -3.09. The van der Waals surface area contributed by atoms with Gasteiger partial charge in [-0.1, -0.05) is 18.2 Å². The minimum absolute atomic E-state index is 0.143. The highest BCUT2D eigenvalue weighted by molar-refractivity contribution is 7.46. The van der Waals surface area contributed by atoms with Crippen LogP contribution in [0.3, 0.4) is 0 Å². The van der Waals surface area contributed by atoms with Crippen LogP contribution >= 0.6 is 7.82 Å². The summed E-state index contributed by atoms with van der Waals surface area (Å²) in [6, 6.07) is 8.42. The number of aryl methyl sites for hydroxylation is 1. The van der Waals surface area contributed by atoms with Gasteiger partial charge in [-0.05, 0) is 6.07 Å². The maximum atomic E-state index is 13.1. The molecule has 1 aliphatic heterocycles. The molecule has 1 aromatic carbocycles. The molecule has 4 rings (SSSR count). The third-order valence-electron chi connectivity index (χ3n) is 5.26. The lowest BCUT2D eigenvalue weighted by molar-refractivity contribution is -0.0548. The largest absolute Gasteiger partial charge is 0.469 e. The minimum atomic E-state index is -4.83. The van der Waals surface area contributed by atoms with Crippen LogP contribution in [0.5, 0.6) is 0 Å². The fourth-order valence-corrected chi connectivity index (χ4v) is 4.03. The number of hydrogen-bond acceptors (Lipinski definition) is 8. The summed E-state index contributed by atoms with van der Waals surface area (Å²) in [6.07, 6.45) is -4.80. The number of aliphatic hydroxyl groups excluding tert-OH is 2. The van der Waals surface area contributed by atoms with Crippen LogP contribution in [0, 0.1) is 0 Å². The van der Waals surface area contributed by atoms with Crippen molar-refractivity contribution in [2.24, 2.45) is 7.05 Å². The Bertz CT molecular complexity index is 1310. The lowest BCUT2D eigenvalue weighted by Gasteiger charge is -2.18. The Morgan fingerprint density at radius 2 is 1.88 bits per heavy atom. The molecular formula is C18H21N4O9P. The number of benzene rings is 1. The number of ether oxygens (including phenoxy) is 1. The Hall–Kier alpha value is -2.64. The molecule has 0 aliphatic carbocycles. The number of fused-ring (bicyclic) bond motifs is 1. The maximum absolute atomic E-state index is 13.1. The molecule has 1 fully saturated rings. The van der Waals surface area contributed by atoms with Crippen LogP contribution in [0.15, 0.2) is 46.1 Å². The van der Waals surface area contributed by atoms with Crippen LogP contribution in [0.4, 0.5) is 0 Å². The smallest absolute Gasteiger partial charge is 0.387 e. The Morgan fingerprint density at radius 3 is 2.59 bits per heavy atom. The van der Waals surface area contributed by atoms with Gasteiger partial charge in [-0.15, -0.1) is 0 Å². The number of hydrogen-bond donors (Lipinski definition) is 4. The van der Waals surface area contributed by atoms with Gasteiger partial charge in [-0.3, -0.25) is 23.1 Å². The van der Waals surface area contributed by atoms with E-state index >= 15 is 0 Å². The molecule has 0 radical (unpaired) electrons. The van der Waals surface area contributed by atoms with E-state index in [9.17, 15) is 24.4 Å². The van der Waals surface area contributed by atoms with Crippen molar-refractivity contribution in [2.45, 2.75) is 31.1 Å². The monoisotopic (exact) mass is 468 g/mol. The van der Waals surface area contributed by atoms with E-state index in [1.54, 1.807) is 11.7 Å². The molecule has 172 valence electrons. The SMILES string of the molecule is Cn1nc(Cn2c(=O)ccn([C@@H]3O[C@H](COP(=O)(O)O)[C@H](O)[C@@H]3O)c2=O)c2ccccc21. The van der Waals surface area contributed by atoms with E-state index in [0.29, 0.717) is 5.69 Å². The molecule has 32 heavy (non-hydrogen) atoms. The Labute approximate surface area is 179 Å². The van der Waals surface area contributed by atoms with Crippen molar-refractivity contribution in [3.05, 3.63) is 63.1 Å². The summed E-state index contributed by atoms with van der Waals surface area (Å²) in [5, 5.41) is 25.6. The minimum Gasteiger partial charge on any atom is -0.387 e. The lowest BCUT2D eigenvalue weighted by Crippen LogP contribution is -2.43. The summed E-state index contributed by atoms with van der Waals surface area (Å²) in [5.74, 6) is 0. The van der Waals surface area contributed by atoms with Crippen LogP contribution in [0.25, 0.3) is 10.9 Å². The number of aromatic nitrogens is 4. The van der Waals surface area contributed by atoms with Crippen LogP contribution < -0.4 is 11.2 Å². The van der Waals surface area contributed by atoms with E-state index in [4.69, 9.17) is 14.5 Å². The van der Waals surface area contributed by atoms with E-state index < -0.39 is 50.2 Å². The third-order valence-corrected chi connectivity index (χ3v) is 5.74. The summed E-state index contributed by atoms with van der Waals surface area (Å²) in [4.78, 5) is 43.2. The molecule has 0 amide bonds. The van der Waals surface area contributed by atoms with Crippen molar-refractivity contribution in [3.8, 4) is 0 Å². The number of aliphatic hydroxyl groups is 2. The van der Waals surface area contributed by atoms with Gasteiger partial charge in [0.05, 0.1) is 24.4 Å². The van der Waals surface area contributed by atoms with E-state index in [2.05, 4.69) is 9.62 Å². The molecular weight excluding hydrogens is 447 g/mol. The lowest BCUT2D eigenvalue weighted by atomic mass is 10.1. The molecule has 4 N–H and O–H groups in total. The molecule has 13 nitrogen and oxygen atoms in total. The second-order valence-electron chi connectivity index (χ2n) is 7.35. The molecule has 14 heteroatoms. The van der Waals surface area contributed by atoms with E-state index in [-0.39, 0.29) is 6.54 Å². The highest BCUT2D eigenvalue weighted by Gasteiger charge is 2.45. The van der Waals surface area contributed by atoms with Crippen LogP contribution in [0.1, 0.15) is 11.9 Å². The van der Waals surface area contributed by atoms with Gasteiger partial charge in [0.1, 0.15) is 18.3 Å². The first-order valence-electron chi connectivity index (χ1n) is 9.51. The van der Waals surface area contributed by atoms with Crippen molar-refractivity contribution in [2.75, 3.05) is 6.61 Å². The van der Waals surface area contributed by atoms with Crippen LogP contribution in [0.2, 0.25) is 0 Å². The topological polar surface area (TPSA) is 178 Å². The zero-order valence-corrected chi connectivity index (χ0v) is 17.6. The Balaban J connectivity index is 1.66. The van der Waals surface area contributed by atoms with Gasteiger partial charge in [-0.2, -0.15) is 5.10 Å². The first-order valence-corrected chi connectivity index (χ1v) is 11.0. The van der Waals surface area contributed by atoms with Gasteiger partial charge in [0.25, 0.3) is 5.56 Å². The third kappa shape index (κ3) is 4.19. The van der Waals surface area contributed by atoms with Crippen molar-refractivity contribution in [1.29, 1.82) is 0 Å². The number of phosphoric ester groups is 1. The zero-order chi connectivity index (χ0) is 23.2. The summed E-state index contributed by atoms with van der Waals surface area (Å²) < 4.78 is 24.1. The average molecular weight is 468 g/mol. The van der Waals surface area contributed by atoms with Gasteiger partial charge >= 0.3 is 13.5 Å². The highest BCUT2D eigenvalue weighted by Crippen LogP contribution is 2.38. The van der Waals surface area contributed by atoms with Crippen LogP contribution in [-0.4, -0.2) is 63.8 Å². The fourth-order valence-electron chi connectivity index (χ4n) is 3.69. The van der Waals surface area contributed by atoms with Crippen molar-refractivity contribution < 1.29 is 33.8 Å². The van der Waals surface area contributed by atoms with Crippen molar-refractivity contribution >= 4 is 18.7 Å². The summed E-state index contributed by atoms with van der Waals surface area (Å²) in [6.45, 7) is -0.858. The van der Waals surface area contributed by atoms with Gasteiger partial charge < -0.3 is 24.7 Å². The molecule has 0 bridgehead atoms. The molecule has 1 saturated heterocycles. The second kappa shape index (κ2) is 8.37. The maximum Gasteiger partial charge on any atom is 0.469 e. The van der Waals surface area contributed by atoms with E-state index in [0.717, 1.165) is 32.3 Å². The first kappa shape index (κ1) is 22.6. The number of rotatable bonds is 6.